The van der Waals surface area contributed by atoms with Crippen molar-refractivity contribution in [1.29, 1.82) is 0 Å². The molecule has 0 radical (unpaired) electrons. The van der Waals surface area contributed by atoms with Crippen molar-refractivity contribution in [2.75, 3.05) is 48.3 Å². The van der Waals surface area contributed by atoms with Gasteiger partial charge in [0, 0.05) is 60.7 Å². The first kappa shape index (κ1) is 74.7. The molecule has 2 saturated carbocycles. The molecule has 2 aliphatic carbocycles. The van der Waals surface area contributed by atoms with Gasteiger partial charge in [-0.05, 0) is 120 Å². The Balaban J connectivity index is 1.37. The Morgan fingerprint density at radius 3 is 1.86 bits per heavy atom. The summed E-state index contributed by atoms with van der Waals surface area (Å²) in [4.78, 5) is 168. The molecular formula is C67H97ClF3N11O11. The highest BCUT2D eigenvalue weighted by Gasteiger charge is 2.50. The minimum Gasteiger partial charge on any atom is -0.351 e. The average Bonchev–Trinajstić information content (AvgIpc) is 1.74. The van der Waals surface area contributed by atoms with Crippen molar-refractivity contribution in [1.82, 2.24) is 56.0 Å². The minimum atomic E-state index is -4.76. The number of aryl methyl sites for hydroxylation is 2. The van der Waals surface area contributed by atoms with E-state index in [2.05, 4.69) is 26.6 Å². The predicted octanol–water partition coefficient (Wildman–Crippen LogP) is 5.32. The van der Waals surface area contributed by atoms with Crippen molar-refractivity contribution in [2.45, 2.75) is 218 Å². The van der Waals surface area contributed by atoms with Crippen LogP contribution >= 0.6 is 11.6 Å². The van der Waals surface area contributed by atoms with Gasteiger partial charge in [-0.2, -0.15) is 13.2 Å². The second kappa shape index (κ2) is 32.2. The summed E-state index contributed by atoms with van der Waals surface area (Å²) in [6.45, 7) is 13.3. The van der Waals surface area contributed by atoms with Gasteiger partial charge in [-0.3, -0.25) is 52.7 Å². The van der Waals surface area contributed by atoms with Crippen LogP contribution in [0.2, 0.25) is 5.02 Å². The third-order valence-corrected chi connectivity index (χ3v) is 19.6. The first-order chi connectivity index (χ1) is 43.6. The van der Waals surface area contributed by atoms with Crippen LogP contribution in [0.3, 0.4) is 0 Å². The number of fused-ring (bicyclic) bond motifs is 1. The third kappa shape index (κ3) is 18.5. The van der Waals surface area contributed by atoms with Gasteiger partial charge in [0.2, 0.25) is 65.0 Å². The largest absolute Gasteiger partial charge is 0.417 e. The number of alkyl halides is 3. The molecule has 514 valence electrons. The number of halogens is 4. The van der Waals surface area contributed by atoms with Gasteiger partial charge in [0.15, 0.2) is 0 Å². The molecule has 11 amide bonds. The van der Waals surface area contributed by atoms with E-state index in [1.54, 1.807) is 26.0 Å². The molecule has 2 aromatic carbocycles. The van der Waals surface area contributed by atoms with Crippen LogP contribution in [-0.2, 0) is 71.8 Å². The first-order valence-corrected chi connectivity index (χ1v) is 33.0. The number of benzene rings is 2. The Morgan fingerprint density at radius 2 is 1.29 bits per heavy atom. The van der Waals surface area contributed by atoms with Crippen LogP contribution < -0.4 is 26.6 Å². The maximum Gasteiger partial charge on any atom is 0.417 e. The van der Waals surface area contributed by atoms with Gasteiger partial charge in [0.1, 0.15) is 53.9 Å². The number of likely N-dealkylation sites (N-methyl/N-ethyl adjacent to an activating group) is 5. The van der Waals surface area contributed by atoms with E-state index in [0.717, 1.165) is 35.4 Å². The molecule has 6 rings (SSSR count). The molecule has 2 aromatic rings. The van der Waals surface area contributed by atoms with Gasteiger partial charge in [-0.1, -0.05) is 107 Å². The fraction of sp³-hybridized carbons (Fsp3) is 0.657. The lowest BCUT2D eigenvalue weighted by Crippen LogP contribution is -2.65. The van der Waals surface area contributed by atoms with E-state index in [1.807, 2.05) is 39.8 Å². The normalized spacial score (nSPS) is 27.0. The Morgan fingerprint density at radius 1 is 0.667 bits per heavy atom. The highest BCUT2D eigenvalue weighted by atomic mass is 35.5. The van der Waals surface area contributed by atoms with E-state index in [4.69, 9.17) is 11.6 Å². The van der Waals surface area contributed by atoms with Crippen molar-refractivity contribution in [3.8, 4) is 0 Å². The molecule has 26 heteroatoms. The molecular weight excluding hydrogens is 1230 g/mol. The van der Waals surface area contributed by atoms with Gasteiger partial charge >= 0.3 is 6.18 Å². The Bertz CT molecular complexity index is 3070. The van der Waals surface area contributed by atoms with Crippen LogP contribution in [0.1, 0.15) is 154 Å². The third-order valence-electron chi connectivity index (χ3n) is 19.3. The molecule has 2 heterocycles. The van der Waals surface area contributed by atoms with E-state index in [-0.39, 0.29) is 75.3 Å². The molecule has 2 aliphatic heterocycles. The number of carbonyl (C=O) groups excluding carboxylic acids is 11. The average molecular weight is 1330 g/mol. The summed E-state index contributed by atoms with van der Waals surface area (Å²) in [6.07, 6.45) is -0.247. The topological polar surface area (TPSA) is 267 Å². The maximum atomic E-state index is 15.1. The summed E-state index contributed by atoms with van der Waals surface area (Å²) in [5.74, 6) is -7.98. The number of hydrogen-bond donors (Lipinski definition) is 5. The summed E-state index contributed by atoms with van der Waals surface area (Å²) < 4.78 is 41.2. The van der Waals surface area contributed by atoms with Crippen molar-refractivity contribution < 1.29 is 65.9 Å². The fourth-order valence-corrected chi connectivity index (χ4v) is 13.4. The molecule has 4 fully saturated rings. The number of nitrogens with zero attached hydrogens (tertiary/aromatic N) is 6. The summed E-state index contributed by atoms with van der Waals surface area (Å²) in [5, 5.41) is 13.5. The minimum absolute atomic E-state index is 0.0360. The van der Waals surface area contributed by atoms with Crippen molar-refractivity contribution in [2.24, 2.45) is 17.8 Å². The van der Waals surface area contributed by atoms with Crippen molar-refractivity contribution in [3.63, 3.8) is 0 Å². The van der Waals surface area contributed by atoms with Gasteiger partial charge < -0.3 is 56.0 Å². The summed E-state index contributed by atoms with van der Waals surface area (Å²) in [7, 11) is 7.17. The van der Waals surface area contributed by atoms with Crippen LogP contribution in [0.15, 0.2) is 42.5 Å². The zero-order valence-corrected chi connectivity index (χ0v) is 56.9. The van der Waals surface area contributed by atoms with Crippen LogP contribution in [-0.4, -0.2) is 203 Å². The molecule has 22 nitrogen and oxygen atoms in total. The monoisotopic (exact) mass is 1320 g/mol. The highest BCUT2D eigenvalue weighted by Crippen LogP contribution is 2.37. The lowest BCUT2D eigenvalue weighted by Gasteiger charge is -2.45. The predicted molar refractivity (Wildman–Crippen MR) is 343 cm³/mol. The first-order valence-electron chi connectivity index (χ1n) is 32.7. The lowest BCUT2D eigenvalue weighted by atomic mass is 9.90. The molecule has 10 atom stereocenters. The molecule has 93 heavy (non-hydrogen) atoms. The number of amides is 11. The Labute approximate surface area is 549 Å². The fourth-order valence-electron chi connectivity index (χ4n) is 13.1. The molecule has 0 bridgehead atoms. The van der Waals surface area contributed by atoms with Gasteiger partial charge in [0.05, 0.1) is 17.1 Å². The highest BCUT2D eigenvalue weighted by molar-refractivity contribution is 6.31. The zero-order valence-electron chi connectivity index (χ0n) is 56.2. The SMILES string of the molecule is CC[C@H](C)[C@@H]1NC(=O)[C@H](CC(C)C)N(C)C(=O)C[C@@H](C)NC(=O)[C@H](C2CCCC2)N(C)C(=O)C2(CCCC2)NC(=O)[C@H](C)NC(=O)[C@H](CCc2ccc(C(F)(F)F)c(Cl)c2)NC(=O)CN(C)C(=O)[C@H](Cc2ccc(C)cc2)N(C)C(=O)[C@@H]2CCN2C(=O)[C@H](C)N(C)C1=O. The molecule has 0 unspecified atom stereocenters. The number of nitrogens with one attached hydrogen (secondary N) is 5. The standard InChI is InChI=1S/C67H97ClF3N11O11/c1-14-40(5)55-64(92)78(10)43(8)61(89)82-32-29-50(82)63(91)80(12)52(36-45-23-21-39(4)22-24-45)62(90)77(9)37-53(83)74-49(28-26-44-25-27-47(48(68)35-44)67(69,70)71)58(86)73-42(7)57(85)76-66(30-17-18-31-66)65(93)81(13)56(46-19-15-16-20-46)60(88)72-41(6)34-54(84)79(11)51(33-38(2)3)59(87)75-55/h21-25,27,35,38,40-43,46,49-52,55-56H,14-20,26,28-34,36-37H2,1-13H3,(H,72,88)(H,73,86)(H,74,83)(H,75,87)(H,76,85)/t40-,41+,42-,43-,49-,50-,51-,52-,55-,56-/m0/s1. The molecule has 4 aliphatic rings. The Kier molecular flexibility index (Phi) is 25.9. The summed E-state index contributed by atoms with van der Waals surface area (Å²) >= 11 is 6.08. The van der Waals surface area contributed by atoms with Crippen molar-refractivity contribution in [3.05, 3.63) is 69.7 Å². The molecule has 5 N–H and O–H groups in total. The summed E-state index contributed by atoms with van der Waals surface area (Å²) in [6, 6.07) is -0.0492. The second-order valence-electron chi connectivity index (χ2n) is 26.8. The number of rotatable bonds is 10. The van der Waals surface area contributed by atoms with Gasteiger partial charge in [0.25, 0.3) is 0 Å². The van der Waals surface area contributed by atoms with Crippen LogP contribution in [0, 0.1) is 24.7 Å². The molecule has 2 saturated heterocycles. The van der Waals surface area contributed by atoms with E-state index < -0.39 is 154 Å². The van der Waals surface area contributed by atoms with E-state index in [0.29, 0.717) is 37.7 Å². The lowest BCUT2D eigenvalue weighted by molar-refractivity contribution is -0.160. The van der Waals surface area contributed by atoms with Crippen molar-refractivity contribution >= 4 is 76.6 Å². The Hall–Kier alpha value is -7.31. The van der Waals surface area contributed by atoms with E-state index in [9.17, 15) is 61.1 Å². The number of carbonyl (C=O) groups is 11. The quantitative estimate of drug-likeness (QED) is 0.203. The van der Waals surface area contributed by atoms with Crippen LogP contribution in [0.4, 0.5) is 13.2 Å². The molecule has 1 spiro atoms. The van der Waals surface area contributed by atoms with Gasteiger partial charge in [-0.25, -0.2) is 0 Å². The second-order valence-corrected chi connectivity index (χ2v) is 27.2. The van der Waals surface area contributed by atoms with Gasteiger partial charge in [-0.15, -0.1) is 0 Å². The number of hydrogen-bond acceptors (Lipinski definition) is 11. The molecule has 0 aromatic heterocycles. The van der Waals surface area contributed by atoms with E-state index >= 15 is 4.79 Å². The van der Waals surface area contributed by atoms with Crippen LogP contribution in [0.25, 0.3) is 0 Å². The maximum absolute atomic E-state index is 15.1. The zero-order chi connectivity index (χ0) is 69.1. The smallest absolute Gasteiger partial charge is 0.351 e. The van der Waals surface area contributed by atoms with Crippen LogP contribution in [0.5, 0.6) is 0 Å². The summed E-state index contributed by atoms with van der Waals surface area (Å²) in [5.41, 5.74) is -0.745. The van der Waals surface area contributed by atoms with E-state index in [1.165, 1.54) is 79.7 Å².